The Kier molecular flexibility index (Phi) is 6.07. The van der Waals surface area contributed by atoms with Crippen LogP contribution in [0, 0.1) is 5.92 Å². The topological polar surface area (TPSA) is 70.2 Å². The van der Waals surface area contributed by atoms with Gasteiger partial charge >= 0.3 is 0 Å². The van der Waals surface area contributed by atoms with Gasteiger partial charge in [-0.2, -0.15) is 0 Å². The van der Waals surface area contributed by atoms with Gasteiger partial charge in [-0.3, -0.25) is 9.59 Å². The molecule has 1 aliphatic heterocycles. The third-order valence-corrected chi connectivity index (χ3v) is 5.36. The number of hydrogen-bond donors (Lipinski definition) is 3. The van der Waals surface area contributed by atoms with Gasteiger partial charge in [0.25, 0.3) is 5.91 Å². The molecular weight excluding hydrogens is 358 g/mol. The first-order chi connectivity index (χ1) is 12.1. The number of rotatable bonds is 5. The summed E-state index contributed by atoms with van der Waals surface area (Å²) in [5.41, 5.74) is 0.944. The Morgan fingerprint density at radius 2 is 2.20 bits per heavy atom. The normalized spacial score (nSPS) is 17.1. The molecule has 1 aromatic carbocycles. The number of benzene rings is 1. The number of carbonyl (C=O) groups is 2. The lowest BCUT2D eigenvalue weighted by atomic mass is 9.98. The minimum atomic E-state index is -0.256. The van der Waals surface area contributed by atoms with Crippen LogP contribution in [0.4, 0.5) is 5.69 Å². The van der Waals surface area contributed by atoms with Crippen molar-refractivity contribution in [3.63, 3.8) is 0 Å². The standard InChI is InChI=1S/C18H20ClN3O2S/c19-16-6-5-13(22-17(23)12-3-1-7-20-10-12)9-15(16)18(24)21-11-14-4-2-8-25-14/h2,4-6,8-9,12,20H,1,3,7,10-11H2,(H,21,24)(H,22,23). The molecule has 1 unspecified atom stereocenters. The van der Waals surface area contributed by atoms with Crippen LogP contribution in [-0.4, -0.2) is 24.9 Å². The van der Waals surface area contributed by atoms with Gasteiger partial charge in [-0.1, -0.05) is 17.7 Å². The molecule has 2 heterocycles. The summed E-state index contributed by atoms with van der Waals surface area (Å²) in [7, 11) is 0. The molecule has 5 nitrogen and oxygen atoms in total. The van der Waals surface area contributed by atoms with E-state index < -0.39 is 0 Å². The van der Waals surface area contributed by atoms with Crippen molar-refractivity contribution in [2.75, 3.05) is 18.4 Å². The number of amides is 2. The fourth-order valence-electron chi connectivity index (χ4n) is 2.77. The second kappa shape index (κ2) is 8.47. The van der Waals surface area contributed by atoms with Crippen molar-refractivity contribution < 1.29 is 9.59 Å². The van der Waals surface area contributed by atoms with Crippen LogP contribution in [0.25, 0.3) is 0 Å². The quantitative estimate of drug-likeness (QED) is 0.749. The Balaban J connectivity index is 1.64. The van der Waals surface area contributed by atoms with Gasteiger partial charge in [0.1, 0.15) is 0 Å². The van der Waals surface area contributed by atoms with Crippen LogP contribution in [0.3, 0.4) is 0 Å². The fraction of sp³-hybridized carbons (Fsp3) is 0.333. The van der Waals surface area contributed by atoms with E-state index in [0.717, 1.165) is 24.3 Å². The van der Waals surface area contributed by atoms with E-state index in [0.29, 0.717) is 29.4 Å². The number of carbonyl (C=O) groups excluding carboxylic acids is 2. The van der Waals surface area contributed by atoms with Gasteiger partial charge in [-0.25, -0.2) is 0 Å². The number of hydrogen-bond acceptors (Lipinski definition) is 4. The Morgan fingerprint density at radius 3 is 2.92 bits per heavy atom. The van der Waals surface area contributed by atoms with Crippen molar-refractivity contribution >= 4 is 40.4 Å². The van der Waals surface area contributed by atoms with E-state index >= 15 is 0 Å². The Bertz CT molecular complexity index is 743. The van der Waals surface area contributed by atoms with Gasteiger partial charge in [0.2, 0.25) is 5.91 Å². The number of piperidine rings is 1. The SMILES string of the molecule is O=C(NCc1cccs1)c1cc(NC(=O)C2CCCNC2)ccc1Cl. The average Bonchev–Trinajstić information content (AvgIpc) is 3.15. The molecule has 1 fully saturated rings. The predicted octanol–water partition coefficient (Wildman–Crippen LogP) is 3.27. The van der Waals surface area contributed by atoms with Gasteiger partial charge in [-0.05, 0) is 49.0 Å². The maximum Gasteiger partial charge on any atom is 0.253 e. The first-order valence-corrected chi connectivity index (χ1v) is 9.51. The lowest BCUT2D eigenvalue weighted by molar-refractivity contribution is -0.120. The molecule has 1 saturated heterocycles. The molecule has 132 valence electrons. The maximum absolute atomic E-state index is 12.4. The summed E-state index contributed by atoms with van der Waals surface area (Å²) in [5, 5.41) is 11.3. The smallest absolute Gasteiger partial charge is 0.253 e. The summed E-state index contributed by atoms with van der Waals surface area (Å²) in [6.45, 7) is 2.10. The molecule has 1 atom stereocenters. The molecule has 0 radical (unpaired) electrons. The summed E-state index contributed by atoms with van der Waals surface area (Å²) >= 11 is 7.74. The van der Waals surface area contributed by atoms with Gasteiger partial charge in [0, 0.05) is 17.1 Å². The van der Waals surface area contributed by atoms with Crippen LogP contribution in [0.2, 0.25) is 5.02 Å². The lowest BCUT2D eigenvalue weighted by Gasteiger charge is -2.22. The van der Waals surface area contributed by atoms with Crippen molar-refractivity contribution in [3.05, 3.63) is 51.2 Å². The van der Waals surface area contributed by atoms with Crippen LogP contribution in [0.15, 0.2) is 35.7 Å². The molecule has 1 aromatic heterocycles. The maximum atomic E-state index is 12.4. The van der Waals surface area contributed by atoms with Crippen molar-refractivity contribution in [1.29, 1.82) is 0 Å². The van der Waals surface area contributed by atoms with Crippen LogP contribution >= 0.6 is 22.9 Å². The third kappa shape index (κ3) is 4.81. The van der Waals surface area contributed by atoms with Crippen LogP contribution in [-0.2, 0) is 11.3 Å². The number of nitrogens with one attached hydrogen (secondary N) is 3. The summed E-state index contributed by atoms with van der Waals surface area (Å²) < 4.78 is 0. The number of halogens is 1. The van der Waals surface area contributed by atoms with E-state index in [9.17, 15) is 9.59 Å². The lowest BCUT2D eigenvalue weighted by Crippen LogP contribution is -2.37. The minimum absolute atomic E-state index is 0.0283. The molecule has 25 heavy (non-hydrogen) atoms. The molecule has 0 bridgehead atoms. The molecule has 3 N–H and O–H groups in total. The Hall–Kier alpha value is -1.89. The van der Waals surface area contributed by atoms with E-state index in [2.05, 4.69) is 16.0 Å². The monoisotopic (exact) mass is 377 g/mol. The molecule has 3 rings (SSSR count). The minimum Gasteiger partial charge on any atom is -0.347 e. The predicted molar refractivity (Wildman–Crippen MR) is 101 cm³/mol. The van der Waals surface area contributed by atoms with Crippen molar-refractivity contribution in [1.82, 2.24) is 10.6 Å². The largest absolute Gasteiger partial charge is 0.347 e. The Labute approximate surface area is 155 Å². The van der Waals surface area contributed by atoms with E-state index in [4.69, 9.17) is 11.6 Å². The van der Waals surface area contributed by atoms with Crippen LogP contribution in [0.1, 0.15) is 28.1 Å². The van der Waals surface area contributed by atoms with Crippen molar-refractivity contribution in [3.8, 4) is 0 Å². The summed E-state index contributed by atoms with van der Waals surface area (Å²) in [6, 6.07) is 8.87. The highest BCUT2D eigenvalue weighted by molar-refractivity contribution is 7.09. The number of thiophene rings is 1. The first kappa shape index (κ1) is 17.9. The van der Waals surface area contributed by atoms with Crippen LogP contribution < -0.4 is 16.0 Å². The first-order valence-electron chi connectivity index (χ1n) is 8.25. The average molecular weight is 378 g/mol. The highest BCUT2D eigenvalue weighted by Crippen LogP contribution is 2.22. The summed E-state index contributed by atoms with van der Waals surface area (Å²) in [4.78, 5) is 25.8. The third-order valence-electron chi connectivity index (χ3n) is 4.15. The molecule has 1 aliphatic rings. The van der Waals surface area contributed by atoms with Gasteiger partial charge in [0.15, 0.2) is 0 Å². The zero-order valence-electron chi connectivity index (χ0n) is 13.7. The second-order valence-electron chi connectivity index (χ2n) is 5.99. The summed E-state index contributed by atoms with van der Waals surface area (Å²) in [5.74, 6) is -0.325. The van der Waals surface area contributed by atoms with E-state index in [1.807, 2.05) is 17.5 Å². The van der Waals surface area contributed by atoms with Gasteiger partial charge < -0.3 is 16.0 Å². The molecule has 7 heteroatoms. The highest BCUT2D eigenvalue weighted by atomic mass is 35.5. The zero-order chi connectivity index (χ0) is 17.6. The molecular formula is C18H20ClN3O2S. The Morgan fingerprint density at radius 1 is 1.32 bits per heavy atom. The summed E-state index contributed by atoms with van der Waals surface area (Å²) in [6.07, 6.45) is 1.87. The van der Waals surface area contributed by atoms with E-state index in [1.54, 1.807) is 29.5 Å². The molecule has 0 aliphatic carbocycles. The van der Waals surface area contributed by atoms with Crippen molar-refractivity contribution in [2.45, 2.75) is 19.4 Å². The van der Waals surface area contributed by atoms with E-state index in [-0.39, 0.29) is 17.7 Å². The van der Waals surface area contributed by atoms with Crippen LogP contribution in [0.5, 0.6) is 0 Å². The molecule has 0 saturated carbocycles. The van der Waals surface area contributed by atoms with Gasteiger partial charge in [-0.15, -0.1) is 11.3 Å². The second-order valence-corrected chi connectivity index (χ2v) is 7.43. The highest BCUT2D eigenvalue weighted by Gasteiger charge is 2.21. The number of anilines is 1. The molecule has 2 aromatic rings. The molecule has 0 spiro atoms. The fourth-order valence-corrected chi connectivity index (χ4v) is 3.62. The van der Waals surface area contributed by atoms with Crippen molar-refractivity contribution in [2.24, 2.45) is 5.92 Å². The zero-order valence-corrected chi connectivity index (χ0v) is 15.3. The van der Waals surface area contributed by atoms with Gasteiger partial charge in [0.05, 0.1) is 23.0 Å². The van der Waals surface area contributed by atoms with E-state index in [1.165, 1.54) is 0 Å². The molecule has 2 amide bonds.